The predicted octanol–water partition coefficient (Wildman–Crippen LogP) is 1.72. The highest BCUT2D eigenvalue weighted by Gasteiger charge is 2.45. The van der Waals surface area contributed by atoms with Crippen LogP contribution in [-0.2, 0) is 4.79 Å². The lowest BCUT2D eigenvalue weighted by Crippen LogP contribution is -2.31. The molecule has 3 fully saturated rings. The number of hydrogen-bond donors (Lipinski definition) is 1. The van der Waals surface area contributed by atoms with Gasteiger partial charge >= 0.3 is 5.97 Å². The summed E-state index contributed by atoms with van der Waals surface area (Å²) in [6, 6.07) is 1.66. The fourth-order valence-electron chi connectivity index (χ4n) is 3.59. The molecule has 3 atom stereocenters. The SMILES string of the molecule is O=C(O)CC1CCC2CC1CN2C1CC1. The smallest absolute Gasteiger partial charge is 0.303 e. The van der Waals surface area contributed by atoms with Gasteiger partial charge in [0, 0.05) is 25.0 Å². The number of fused-ring (bicyclic) bond motifs is 2. The van der Waals surface area contributed by atoms with E-state index in [4.69, 9.17) is 5.11 Å². The zero-order valence-electron chi connectivity index (χ0n) is 9.06. The lowest BCUT2D eigenvalue weighted by molar-refractivity contribution is -0.138. The van der Waals surface area contributed by atoms with E-state index < -0.39 is 5.97 Å². The number of carboxylic acid groups (broad SMARTS) is 1. The average molecular weight is 209 g/mol. The first-order chi connectivity index (χ1) is 7.24. The molecule has 84 valence electrons. The van der Waals surface area contributed by atoms with Gasteiger partial charge in [0.25, 0.3) is 0 Å². The van der Waals surface area contributed by atoms with E-state index in [1.54, 1.807) is 0 Å². The van der Waals surface area contributed by atoms with Gasteiger partial charge in [-0.1, -0.05) is 0 Å². The Morgan fingerprint density at radius 3 is 2.60 bits per heavy atom. The van der Waals surface area contributed by atoms with Crippen LogP contribution in [0.15, 0.2) is 0 Å². The number of hydrogen-bond acceptors (Lipinski definition) is 2. The summed E-state index contributed by atoms with van der Waals surface area (Å²) in [5.41, 5.74) is 0. The fourth-order valence-corrected chi connectivity index (χ4v) is 3.59. The quantitative estimate of drug-likeness (QED) is 0.769. The van der Waals surface area contributed by atoms with Gasteiger partial charge in [-0.05, 0) is 43.9 Å². The molecule has 3 rings (SSSR count). The predicted molar refractivity (Wildman–Crippen MR) is 56.6 cm³/mol. The molecule has 0 aromatic carbocycles. The van der Waals surface area contributed by atoms with E-state index in [0.717, 1.165) is 18.5 Å². The molecule has 1 aliphatic heterocycles. The van der Waals surface area contributed by atoms with Gasteiger partial charge in [-0.2, -0.15) is 0 Å². The van der Waals surface area contributed by atoms with Crippen LogP contribution in [0.3, 0.4) is 0 Å². The molecule has 0 aromatic heterocycles. The lowest BCUT2D eigenvalue weighted by atomic mass is 9.78. The Morgan fingerprint density at radius 1 is 1.20 bits per heavy atom. The highest BCUT2D eigenvalue weighted by Crippen LogP contribution is 2.45. The third-order valence-electron chi connectivity index (χ3n) is 4.48. The van der Waals surface area contributed by atoms with E-state index in [1.807, 2.05) is 0 Å². The van der Waals surface area contributed by atoms with E-state index in [2.05, 4.69) is 4.90 Å². The van der Waals surface area contributed by atoms with Gasteiger partial charge in [-0.3, -0.25) is 9.69 Å². The minimum absolute atomic E-state index is 0.399. The second kappa shape index (κ2) is 3.48. The molecule has 3 nitrogen and oxygen atoms in total. The minimum Gasteiger partial charge on any atom is -0.481 e. The van der Waals surface area contributed by atoms with E-state index in [0.29, 0.717) is 18.3 Å². The summed E-state index contributed by atoms with van der Waals surface area (Å²) in [5, 5.41) is 8.87. The molecule has 0 amide bonds. The van der Waals surface area contributed by atoms with Gasteiger partial charge in [0.15, 0.2) is 0 Å². The van der Waals surface area contributed by atoms with E-state index in [-0.39, 0.29) is 0 Å². The normalized spacial score (nSPS) is 40.7. The maximum atomic E-state index is 10.8. The van der Waals surface area contributed by atoms with E-state index >= 15 is 0 Å². The van der Waals surface area contributed by atoms with Gasteiger partial charge in [0.05, 0.1) is 0 Å². The highest BCUT2D eigenvalue weighted by atomic mass is 16.4. The Kier molecular flexibility index (Phi) is 2.23. The Morgan fingerprint density at radius 2 is 1.93 bits per heavy atom. The minimum atomic E-state index is -0.608. The zero-order chi connectivity index (χ0) is 10.4. The maximum absolute atomic E-state index is 10.8. The first kappa shape index (κ1) is 9.64. The maximum Gasteiger partial charge on any atom is 0.303 e. The Balaban J connectivity index is 1.65. The summed E-state index contributed by atoms with van der Waals surface area (Å²) in [4.78, 5) is 13.4. The molecule has 2 saturated carbocycles. The summed E-state index contributed by atoms with van der Waals surface area (Å²) >= 11 is 0. The number of aliphatic carboxylic acids is 1. The zero-order valence-corrected chi connectivity index (χ0v) is 9.06. The standard InChI is InChI=1S/C12H19NO2/c14-12(15)6-8-1-2-11-5-9(8)7-13(11)10-3-4-10/h8-11H,1-7H2,(H,14,15). The summed E-state index contributed by atoms with van der Waals surface area (Å²) in [7, 11) is 0. The van der Waals surface area contributed by atoms with Gasteiger partial charge in [-0.25, -0.2) is 0 Å². The molecule has 15 heavy (non-hydrogen) atoms. The van der Waals surface area contributed by atoms with Crippen molar-refractivity contribution in [3.05, 3.63) is 0 Å². The second-order valence-corrected chi connectivity index (χ2v) is 5.51. The molecule has 3 heteroatoms. The molecule has 1 N–H and O–H groups in total. The van der Waals surface area contributed by atoms with Crippen LogP contribution in [-0.4, -0.2) is 34.6 Å². The van der Waals surface area contributed by atoms with Crippen molar-refractivity contribution >= 4 is 5.97 Å². The second-order valence-electron chi connectivity index (χ2n) is 5.51. The van der Waals surface area contributed by atoms with Gasteiger partial charge < -0.3 is 5.11 Å². The van der Waals surface area contributed by atoms with Crippen LogP contribution in [0.2, 0.25) is 0 Å². The molecule has 1 saturated heterocycles. The number of carbonyl (C=O) groups is 1. The molecule has 3 aliphatic rings. The number of nitrogens with zero attached hydrogens (tertiary/aromatic N) is 1. The van der Waals surface area contributed by atoms with Crippen LogP contribution in [0.25, 0.3) is 0 Å². The molecule has 0 aromatic rings. The van der Waals surface area contributed by atoms with Crippen LogP contribution < -0.4 is 0 Å². The summed E-state index contributed by atoms with van der Waals surface area (Å²) in [5.74, 6) is 0.534. The van der Waals surface area contributed by atoms with Crippen molar-refractivity contribution in [2.75, 3.05) is 6.54 Å². The molecule has 2 bridgehead atoms. The van der Waals surface area contributed by atoms with Crippen LogP contribution >= 0.6 is 0 Å². The molecular formula is C12H19NO2. The molecule has 1 heterocycles. The Bertz CT molecular complexity index is 275. The summed E-state index contributed by atoms with van der Waals surface area (Å²) in [6.45, 7) is 1.19. The highest BCUT2D eigenvalue weighted by molar-refractivity contribution is 5.67. The van der Waals surface area contributed by atoms with Gasteiger partial charge in [-0.15, -0.1) is 0 Å². The van der Waals surface area contributed by atoms with E-state index in [1.165, 1.54) is 32.2 Å². The molecule has 2 aliphatic carbocycles. The van der Waals surface area contributed by atoms with Crippen molar-refractivity contribution < 1.29 is 9.90 Å². The van der Waals surface area contributed by atoms with Crippen molar-refractivity contribution in [1.29, 1.82) is 0 Å². The number of likely N-dealkylation sites (tertiary alicyclic amines) is 1. The van der Waals surface area contributed by atoms with Gasteiger partial charge in [0.1, 0.15) is 0 Å². The van der Waals surface area contributed by atoms with Crippen molar-refractivity contribution in [2.45, 2.75) is 50.6 Å². The number of rotatable bonds is 3. The third kappa shape index (κ3) is 1.78. The Labute approximate surface area is 90.5 Å². The van der Waals surface area contributed by atoms with Crippen molar-refractivity contribution in [3.63, 3.8) is 0 Å². The summed E-state index contributed by atoms with van der Waals surface area (Å²) < 4.78 is 0. The topological polar surface area (TPSA) is 40.5 Å². The molecular weight excluding hydrogens is 190 g/mol. The van der Waals surface area contributed by atoms with Crippen molar-refractivity contribution in [1.82, 2.24) is 4.90 Å². The van der Waals surface area contributed by atoms with Crippen LogP contribution in [0.1, 0.15) is 38.5 Å². The largest absolute Gasteiger partial charge is 0.481 e. The summed E-state index contributed by atoms with van der Waals surface area (Å²) in [6.07, 6.45) is 6.82. The van der Waals surface area contributed by atoms with Crippen molar-refractivity contribution in [2.24, 2.45) is 11.8 Å². The molecule has 3 unspecified atom stereocenters. The number of carboxylic acids is 1. The first-order valence-electron chi connectivity index (χ1n) is 6.21. The monoisotopic (exact) mass is 209 g/mol. The van der Waals surface area contributed by atoms with Crippen LogP contribution in [0.5, 0.6) is 0 Å². The van der Waals surface area contributed by atoms with Crippen molar-refractivity contribution in [3.8, 4) is 0 Å². The van der Waals surface area contributed by atoms with Crippen LogP contribution in [0, 0.1) is 11.8 Å². The Hall–Kier alpha value is -0.570. The molecule has 0 radical (unpaired) electrons. The van der Waals surface area contributed by atoms with Gasteiger partial charge in [0.2, 0.25) is 0 Å². The first-order valence-corrected chi connectivity index (χ1v) is 6.21. The fraction of sp³-hybridized carbons (Fsp3) is 0.917. The van der Waals surface area contributed by atoms with Crippen LogP contribution in [0.4, 0.5) is 0 Å². The van der Waals surface area contributed by atoms with E-state index in [9.17, 15) is 4.79 Å². The molecule has 0 spiro atoms. The third-order valence-corrected chi connectivity index (χ3v) is 4.48. The lowest BCUT2D eigenvalue weighted by Gasteiger charge is -2.27. The average Bonchev–Trinajstić information content (AvgIpc) is 2.95.